The second-order valence-electron chi connectivity index (χ2n) is 5.66. The van der Waals surface area contributed by atoms with E-state index >= 15 is 0 Å². The molecule has 2 atom stereocenters. The summed E-state index contributed by atoms with van der Waals surface area (Å²) in [5.74, 6) is 0.693. The lowest BCUT2D eigenvalue weighted by Crippen LogP contribution is -2.84. The molecular formula is C17H28NO+. The van der Waals surface area contributed by atoms with Crippen molar-refractivity contribution in [3.8, 4) is 0 Å². The van der Waals surface area contributed by atoms with E-state index in [-0.39, 0.29) is 0 Å². The third-order valence-corrected chi connectivity index (χ3v) is 4.07. The van der Waals surface area contributed by atoms with E-state index in [1.54, 1.807) is 0 Å². The summed E-state index contributed by atoms with van der Waals surface area (Å²) in [5.41, 5.74) is 1.46. The number of hydrogen-bond donors (Lipinski definition) is 1. The first-order valence-corrected chi connectivity index (χ1v) is 7.87. The molecule has 0 amide bonds. The molecule has 0 spiro atoms. The molecule has 2 rings (SSSR count). The van der Waals surface area contributed by atoms with Crippen LogP contribution in [0.5, 0.6) is 0 Å². The molecule has 0 aromatic heterocycles. The molecule has 2 heteroatoms. The number of hydrogen-bond acceptors (Lipinski definition) is 1. The molecule has 1 heterocycles. The van der Waals surface area contributed by atoms with Gasteiger partial charge in [0.15, 0.2) is 0 Å². The van der Waals surface area contributed by atoms with Gasteiger partial charge in [-0.3, -0.25) is 0 Å². The van der Waals surface area contributed by atoms with Gasteiger partial charge >= 0.3 is 0 Å². The van der Waals surface area contributed by atoms with Crippen LogP contribution in [0.3, 0.4) is 0 Å². The summed E-state index contributed by atoms with van der Waals surface area (Å²) in [6.45, 7) is 5.71. The Morgan fingerprint density at radius 2 is 2.11 bits per heavy atom. The molecule has 1 aromatic carbocycles. The molecular weight excluding hydrogens is 234 g/mol. The van der Waals surface area contributed by atoms with Crippen molar-refractivity contribution in [2.75, 3.05) is 19.7 Å². The standard InChI is InChI=1S/C17H27NO/c1-2-11-18-12-10-16(17-9-6-13-19-17)14-15-7-4-3-5-8-15/h3-5,7-8,16-18H,2,6,9-14H2,1H3/p+1/t16-,17-/m1/s1. The minimum atomic E-state index is 0.496. The first-order valence-electron chi connectivity index (χ1n) is 7.87. The molecule has 1 saturated heterocycles. The summed E-state index contributed by atoms with van der Waals surface area (Å²) >= 11 is 0. The number of ether oxygens (including phenoxy) is 1. The highest BCUT2D eigenvalue weighted by molar-refractivity contribution is 5.15. The Morgan fingerprint density at radius 1 is 1.26 bits per heavy atom. The van der Waals surface area contributed by atoms with Crippen molar-refractivity contribution < 1.29 is 10.1 Å². The van der Waals surface area contributed by atoms with Gasteiger partial charge in [-0.2, -0.15) is 0 Å². The number of quaternary nitrogens is 1. The van der Waals surface area contributed by atoms with Crippen LogP contribution in [0.2, 0.25) is 0 Å². The topological polar surface area (TPSA) is 25.8 Å². The molecule has 106 valence electrons. The van der Waals surface area contributed by atoms with Crippen LogP contribution in [0, 0.1) is 5.92 Å². The highest BCUT2D eigenvalue weighted by Crippen LogP contribution is 2.25. The van der Waals surface area contributed by atoms with Crippen LogP contribution in [-0.2, 0) is 11.2 Å². The number of rotatable bonds is 8. The van der Waals surface area contributed by atoms with Crippen LogP contribution in [0.1, 0.15) is 38.2 Å². The van der Waals surface area contributed by atoms with Crippen LogP contribution in [0.4, 0.5) is 0 Å². The van der Waals surface area contributed by atoms with Gasteiger partial charge in [-0.05, 0) is 37.2 Å². The summed E-state index contributed by atoms with van der Waals surface area (Å²) in [5, 5.41) is 2.45. The average molecular weight is 262 g/mol. The van der Waals surface area contributed by atoms with E-state index in [2.05, 4.69) is 42.6 Å². The van der Waals surface area contributed by atoms with Gasteiger partial charge in [0, 0.05) is 13.0 Å². The van der Waals surface area contributed by atoms with Crippen molar-refractivity contribution in [3.05, 3.63) is 35.9 Å². The second kappa shape index (κ2) is 8.34. The Kier molecular flexibility index (Phi) is 6.38. The average Bonchev–Trinajstić information content (AvgIpc) is 2.97. The maximum atomic E-state index is 5.93. The van der Waals surface area contributed by atoms with Crippen molar-refractivity contribution in [2.24, 2.45) is 5.92 Å². The van der Waals surface area contributed by atoms with Crippen LogP contribution >= 0.6 is 0 Å². The molecule has 0 aliphatic carbocycles. The summed E-state index contributed by atoms with van der Waals surface area (Å²) in [4.78, 5) is 0. The van der Waals surface area contributed by atoms with E-state index in [0.717, 1.165) is 6.61 Å². The van der Waals surface area contributed by atoms with Crippen molar-refractivity contribution in [1.29, 1.82) is 0 Å². The molecule has 0 saturated carbocycles. The maximum Gasteiger partial charge on any atom is 0.0759 e. The molecule has 1 aliphatic heterocycles. The SMILES string of the molecule is CCC[NH2+]CC[C@H](Cc1ccccc1)[C@H]1CCCO1. The lowest BCUT2D eigenvalue weighted by Gasteiger charge is -2.22. The molecule has 1 aromatic rings. The molecule has 0 bridgehead atoms. The van der Waals surface area contributed by atoms with E-state index in [1.165, 1.54) is 50.8 Å². The fraction of sp³-hybridized carbons (Fsp3) is 0.647. The Morgan fingerprint density at radius 3 is 2.79 bits per heavy atom. The molecule has 0 radical (unpaired) electrons. The van der Waals surface area contributed by atoms with Gasteiger partial charge in [-0.15, -0.1) is 0 Å². The van der Waals surface area contributed by atoms with Gasteiger partial charge in [0.25, 0.3) is 0 Å². The van der Waals surface area contributed by atoms with E-state index in [0.29, 0.717) is 12.0 Å². The Labute approximate surface area is 117 Å². The van der Waals surface area contributed by atoms with Gasteiger partial charge in [-0.25, -0.2) is 0 Å². The number of nitrogens with two attached hydrogens (primary N) is 1. The van der Waals surface area contributed by atoms with Gasteiger partial charge in [0.05, 0.1) is 19.2 Å². The minimum absolute atomic E-state index is 0.496. The van der Waals surface area contributed by atoms with E-state index in [9.17, 15) is 0 Å². The van der Waals surface area contributed by atoms with E-state index < -0.39 is 0 Å². The Hall–Kier alpha value is -0.860. The maximum absolute atomic E-state index is 5.93. The van der Waals surface area contributed by atoms with E-state index in [1.807, 2.05) is 0 Å². The first kappa shape index (κ1) is 14.5. The van der Waals surface area contributed by atoms with Gasteiger partial charge in [0.1, 0.15) is 0 Å². The lowest BCUT2D eigenvalue weighted by atomic mass is 9.89. The van der Waals surface area contributed by atoms with Crippen molar-refractivity contribution in [3.63, 3.8) is 0 Å². The molecule has 19 heavy (non-hydrogen) atoms. The minimum Gasteiger partial charge on any atom is -0.378 e. The predicted octanol–water partition coefficient (Wildman–Crippen LogP) is 2.39. The number of benzene rings is 1. The Balaban J connectivity index is 1.86. The zero-order valence-electron chi connectivity index (χ0n) is 12.2. The van der Waals surface area contributed by atoms with E-state index in [4.69, 9.17) is 4.74 Å². The van der Waals surface area contributed by atoms with Crippen LogP contribution in [-0.4, -0.2) is 25.8 Å². The fourth-order valence-electron chi connectivity index (χ4n) is 2.99. The van der Waals surface area contributed by atoms with Crippen LogP contribution in [0.25, 0.3) is 0 Å². The van der Waals surface area contributed by atoms with Crippen molar-refractivity contribution in [2.45, 2.75) is 45.1 Å². The fourth-order valence-corrected chi connectivity index (χ4v) is 2.99. The third kappa shape index (κ3) is 4.96. The van der Waals surface area contributed by atoms with Crippen LogP contribution in [0.15, 0.2) is 30.3 Å². The quantitative estimate of drug-likeness (QED) is 0.715. The summed E-state index contributed by atoms with van der Waals surface area (Å²) in [6.07, 6.45) is 6.71. The normalized spacial score (nSPS) is 20.6. The largest absolute Gasteiger partial charge is 0.378 e. The first-order chi connectivity index (χ1) is 9.40. The smallest absolute Gasteiger partial charge is 0.0759 e. The summed E-state index contributed by atoms with van der Waals surface area (Å²) in [7, 11) is 0. The molecule has 1 fully saturated rings. The molecule has 1 aliphatic rings. The van der Waals surface area contributed by atoms with Crippen molar-refractivity contribution in [1.82, 2.24) is 0 Å². The zero-order valence-corrected chi connectivity index (χ0v) is 12.2. The zero-order chi connectivity index (χ0) is 13.3. The highest BCUT2D eigenvalue weighted by atomic mass is 16.5. The summed E-state index contributed by atoms with van der Waals surface area (Å²) < 4.78 is 5.93. The lowest BCUT2D eigenvalue weighted by molar-refractivity contribution is -0.655. The molecule has 0 unspecified atom stereocenters. The highest BCUT2D eigenvalue weighted by Gasteiger charge is 2.26. The monoisotopic (exact) mass is 262 g/mol. The van der Waals surface area contributed by atoms with Gasteiger partial charge in [0.2, 0.25) is 0 Å². The van der Waals surface area contributed by atoms with Crippen LogP contribution < -0.4 is 5.32 Å². The van der Waals surface area contributed by atoms with Gasteiger partial charge in [-0.1, -0.05) is 37.3 Å². The van der Waals surface area contributed by atoms with Gasteiger partial charge < -0.3 is 10.1 Å². The predicted molar refractivity (Wildman–Crippen MR) is 79.2 cm³/mol. The Bertz CT molecular complexity index is 332. The van der Waals surface area contributed by atoms with Crippen molar-refractivity contribution >= 4 is 0 Å². The second-order valence-corrected chi connectivity index (χ2v) is 5.66. The third-order valence-electron chi connectivity index (χ3n) is 4.07. The molecule has 2 N–H and O–H groups in total. The summed E-state index contributed by atoms with van der Waals surface area (Å²) in [6, 6.07) is 10.9. The molecule has 2 nitrogen and oxygen atoms in total.